The Balaban J connectivity index is 1.52. The van der Waals surface area contributed by atoms with Crippen molar-refractivity contribution in [3.8, 4) is 5.75 Å². The third-order valence-electron chi connectivity index (χ3n) is 4.30. The van der Waals surface area contributed by atoms with E-state index in [0.29, 0.717) is 17.8 Å². The Morgan fingerprint density at radius 3 is 2.72 bits per heavy atom. The number of alkyl halides is 3. The predicted octanol–water partition coefficient (Wildman–Crippen LogP) is 4.38. The van der Waals surface area contributed by atoms with Crippen LogP contribution in [0, 0.1) is 5.82 Å². The zero-order valence-electron chi connectivity index (χ0n) is 15.5. The number of nitrogens with zero attached hydrogens (tertiary/aromatic N) is 2. The number of pyridine rings is 1. The smallest absolute Gasteiger partial charge is 0.422 e. The van der Waals surface area contributed by atoms with Gasteiger partial charge in [0.05, 0.1) is 23.4 Å². The lowest BCUT2D eigenvalue weighted by Crippen LogP contribution is -2.28. The Bertz CT molecular complexity index is 984. The highest BCUT2D eigenvalue weighted by Gasteiger charge is 2.28. The Morgan fingerprint density at radius 2 is 2.03 bits per heavy atom. The number of hydrogen-bond donors (Lipinski definition) is 1. The van der Waals surface area contributed by atoms with Crippen LogP contribution in [-0.4, -0.2) is 28.2 Å². The van der Waals surface area contributed by atoms with E-state index >= 15 is 0 Å². The van der Waals surface area contributed by atoms with E-state index in [1.54, 1.807) is 23.8 Å². The largest absolute Gasteiger partial charge is 0.483 e. The summed E-state index contributed by atoms with van der Waals surface area (Å²) >= 11 is 0. The van der Waals surface area contributed by atoms with Gasteiger partial charge in [-0.2, -0.15) is 13.2 Å². The third-order valence-corrected chi connectivity index (χ3v) is 4.30. The Labute approximate surface area is 164 Å². The van der Waals surface area contributed by atoms with Gasteiger partial charge in [-0.1, -0.05) is 0 Å². The van der Waals surface area contributed by atoms with Gasteiger partial charge >= 0.3 is 6.18 Å². The second-order valence-corrected chi connectivity index (χ2v) is 6.57. The van der Waals surface area contributed by atoms with Crippen molar-refractivity contribution in [3.05, 3.63) is 60.3 Å². The van der Waals surface area contributed by atoms with Crippen molar-refractivity contribution in [2.75, 3.05) is 6.61 Å². The summed E-state index contributed by atoms with van der Waals surface area (Å²) in [5.74, 6) is -0.574. The van der Waals surface area contributed by atoms with Crippen molar-refractivity contribution in [2.24, 2.45) is 0 Å². The quantitative estimate of drug-likeness (QED) is 0.589. The lowest BCUT2D eigenvalue weighted by molar-refractivity contribution is -0.153. The lowest BCUT2D eigenvalue weighted by atomic mass is 10.2. The number of benzene rings is 1. The van der Waals surface area contributed by atoms with Crippen LogP contribution in [0.25, 0.3) is 10.9 Å². The van der Waals surface area contributed by atoms with Crippen LogP contribution in [-0.2, 0) is 11.3 Å². The van der Waals surface area contributed by atoms with Gasteiger partial charge in [0.1, 0.15) is 11.6 Å². The molecule has 1 atom stereocenters. The van der Waals surface area contributed by atoms with Crippen molar-refractivity contribution < 1.29 is 27.1 Å². The molecule has 1 aromatic carbocycles. The number of hydrogen-bond acceptors (Lipinski definition) is 3. The van der Waals surface area contributed by atoms with Crippen LogP contribution in [0.15, 0.2) is 48.8 Å². The fourth-order valence-corrected chi connectivity index (χ4v) is 2.86. The molecule has 0 aliphatic heterocycles. The number of aryl methyl sites for hydroxylation is 1. The maximum absolute atomic E-state index is 13.4. The van der Waals surface area contributed by atoms with E-state index in [1.165, 1.54) is 30.5 Å². The maximum Gasteiger partial charge on any atom is 0.422 e. The molecule has 0 fully saturated rings. The number of aromatic nitrogens is 2. The van der Waals surface area contributed by atoms with Gasteiger partial charge in [0, 0.05) is 19.2 Å². The summed E-state index contributed by atoms with van der Waals surface area (Å²) < 4.78 is 56.3. The molecule has 1 N–H and O–H groups in total. The molecule has 9 heteroatoms. The molecule has 0 aliphatic rings. The van der Waals surface area contributed by atoms with E-state index in [2.05, 4.69) is 15.0 Å². The summed E-state index contributed by atoms with van der Waals surface area (Å²) in [6.07, 6.45) is -1.26. The summed E-state index contributed by atoms with van der Waals surface area (Å²) in [5.41, 5.74) is 1.20. The van der Waals surface area contributed by atoms with Crippen LogP contribution in [0.5, 0.6) is 5.75 Å². The summed E-state index contributed by atoms with van der Waals surface area (Å²) in [7, 11) is 0. The fraction of sp³-hybridized carbons (Fsp3) is 0.300. The molecule has 5 nitrogen and oxygen atoms in total. The van der Waals surface area contributed by atoms with Gasteiger partial charge in [-0.25, -0.2) is 4.39 Å². The molecule has 29 heavy (non-hydrogen) atoms. The van der Waals surface area contributed by atoms with E-state index in [9.17, 15) is 22.4 Å². The molecule has 0 aliphatic carbocycles. The highest BCUT2D eigenvalue weighted by atomic mass is 19.4. The van der Waals surface area contributed by atoms with Gasteiger partial charge in [0.2, 0.25) is 5.91 Å². The van der Waals surface area contributed by atoms with Gasteiger partial charge < -0.3 is 14.6 Å². The van der Waals surface area contributed by atoms with Crippen LogP contribution < -0.4 is 10.1 Å². The van der Waals surface area contributed by atoms with E-state index in [-0.39, 0.29) is 23.9 Å². The fourth-order valence-electron chi connectivity index (χ4n) is 2.86. The first-order valence-electron chi connectivity index (χ1n) is 8.90. The van der Waals surface area contributed by atoms with E-state index in [1.807, 2.05) is 6.07 Å². The lowest BCUT2D eigenvalue weighted by Gasteiger charge is -2.15. The Morgan fingerprint density at radius 1 is 1.24 bits per heavy atom. The molecule has 2 heterocycles. The zero-order chi connectivity index (χ0) is 21.0. The Kier molecular flexibility index (Phi) is 6.05. The predicted molar refractivity (Wildman–Crippen MR) is 98.9 cm³/mol. The zero-order valence-corrected chi connectivity index (χ0v) is 15.5. The van der Waals surface area contributed by atoms with Crippen molar-refractivity contribution in [3.63, 3.8) is 0 Å². The molecule has 154 valence electrons. The first-order valence-corrected chi connectivity index (χ1v) is 8.90. The van der Waals surface area contributed by atoms with Gasteiger partial charge in [0.15, 0.2) is 6.61 Å². The normalized spacial score (nSPS) is 12.7. The molecule has 0 saturated heterocycles. The standard InChI is InChI=1S/C20H19F4N3O2/c1-13(17-5-4-16(11-25-17)29-12-20(22,23)24)26-19(28)7-9-27-8-6-14-2-3-15(21)10-18(14)27/h2-6,8,10-11,13H,7,9,12H2,1H3,(H,26,28). The van der Waals surface area contributed by atoms with Crippen LogP contribution in [0.2, 0.25) is 0 Å². The minimum Gasteiger partial charge on any atom is -0.483 e. The average Bonchev–Trinajstić information content (AvgIpc) is 3.06. The number of rotatable bonds is 7. The molecule has 3 rings (SSSR count). The molecule has 1 unspecified atom stereocenters. The second-order valence-electron chi connectivity index (χ2n) is 6.57. The molecule has 0 spiro atoms. The highest BCUT2D eigenvalue weighted by molar-refractivity contribution is 5.81. The first kappa shape index (κ1) is 20.6. The van der Waals surface area contributed by atoms with E-state index in [4.69, 9.17) is 0 Å². The minimum absolute atomic E-state index is 0.00341. The number of nitrogens with one attached hydrogen (secondary N) is 1. The minimum atomic E-state index is -4.42. The Hall–Kier alpha value is -3.10. The molecule has 0 saturated carbocycles. The molecular formula is C20H19F4N3O2. The summed E-state index contributed by atoms with van der Waals surface area (Å²) in [6, 6.07) is 8.77. The molecular weight excluding hydrogens is 390 g/mol. The summed E-state index contributed by atoms with van der Waals surface area (Å²) in [6.45, 7) is 0.707. The number of carbonyl (C=O) groups excluding carboxylic acids is 1. The molecule has 2 aromatic heterocycles. The van der Waals surface area contributed by atoms with Crippen molar-refractivity contribution in [1.29, 1.82) is 0 Å². The topological polar surface area (TPSA) is 56.2 Å². The summed E-state index contributed by atoms with van der Waals surface area (Å²) in [5, 5.41) is 3.67. The summed E-state index contributed by atoms with van der Waals surface area (Å²) in [4.78, 5) is 16.3. The van der Waals surface area contributed by atoms with Gasteiger partial charge in [-0.05, 0) is 48.7 Å². The number of halogens is 4. The molecule has 0 bridgehead atoms. The molecule has 0 radical (unpaired) electrons. The molecule has 1 amide bonds. The van der Waals surface area contributed by atoms with Crippen molar-refractivity contribution >= 4 is 16.8 Å². The first-order chi connectivity index (χ1) is 13.7. The van der Waals surface area contributed by atoms with E-state index < -0.39 is 18.8 Å². The monoisotopic (exact) mass is 409 g/mol. The maximum atomic E-state index is 13.4. The van der Waals surface area contributed by atoms with Crippen LogP contribution in [0.4, 0.5) is 17.6 Å². The van der Waals surface area contributed by atoms with Crippen LogP contribution in [0.1, 0.15) is 25.1 Å². The average molecular weight is 409 g/mol. The SMILES string of the molecule is CC(NC(=O)CCn1ccc2ccc(F)cc21)c1ccc(OCC(F)(F)F)cn1. The second kappa shape index (κ2) is 8.50. The number of carbonyl (C=O) groups is 1. The van der Waals surface area contributed by atoms with Crippen LogP contribution in [0.3, 0.4) is 0 Å². The van der Waals surface area contributed by atoms with Gasteiger partial charge in [-0.3, -0.25) is 9.78 Å². The van der Waals surface area contributed by atoms with Gasteiger partial charge in [-0.15, -0.1) is 0 Å². The van der Waals surface area contributed by atoms with Gasteiger partial charge in [0.25, 0.3) is 0 Å². The van der Waals surface area contributed by atoms with Crippen molar-refractivity contribution in [1.82, 2.24) is 14.9 Å². The third kappa shape index (κ3) is 5.69. The van der Waals surface area contributed by atoms with Crippen LogP contribution >= 0.6 is 0 Å². The molecule has 3 aromatic rings. The van der Waals surface area contributed by atoms with E-state index in [0.717, 1.165) is 5.39 Å². The van der Waals surface area contributed by atoms with Crippen molar-refractivity contribution in [2.45, 2.75) is 32.1 Å². The highest BCUT2D eigenvalue weighted by Crippen LogP contribution is 2.20. The number of amides is 1. The number of fused-ring (bicyclic) bond motifs is 1. The number of ether oxygens (including phenoxy) is 1.